The molecule has 3 aliphatic carbocycles. The lowest BCUT2D eigenvalue weighted by Crippen LogP contribution is -2.55. The lowest BCUT2D eigenvalue weighted by molar-refractivity contribution is -0.152. The lowest BCUT2D eigenvalue weighted by atomic mass is 9.84. The molecule has 516 valence electrons. The molecule has 6 aliphatic rings. The minimum absolute atomic E-state index is 0.0308. The van der Waals surface area contributed by atoms with E-state index < -0.39 is 90.2 Å². The molecule has 8 N–H and O–H groups in total. The van der Waals surface area contributed by atoms with Crippen LogP contribution in [0.3, 0.4) is 0 Å². The van der Waals surface area contributed by atoms with Crippen molar-refractivity contribution in [2.24, 2.45) is 17.8 Å². The molecule has 22 nitrogen and oxygen atoms in total. The number of aromatic hydroxyl groups is 1. The molecular formula is C70H96Cl2N6O16. The molecule has 0 radical (unpaired) electrons. The molecule has 94 heavy (non-hydrogen) atoms. The van der Waals surface area contributed by atoms with Gasteiger partial charge in [0.2, 0.25) is 17.7 Å². The summed E-state index contributed by atoms with van der Waals surface area (Å²) in [6, 6.07) is 14.4. The monoisotopic (exact) mass is 1350 g/mol. The summed E-state index contributed by atoms with van der Waals surface area (Å²) in [4.78, 5) is 117. The van der Waals surface area contributed by atoms with Crippen LogP contribution in [0.5, 0.6) is 5.75 Å². The third-order valence-corrected chi connectivity index (χ3v) is 20.2. The molecule has 9 rings (SSSR count). The molecule has 3 amide bonds. The number of fused-ring (bicyclic) bond motifs is 3. The Morgan fingerprint density at radius 3 is 1.01 bits per heavy atom. The van der Waals surface area contributed by atoms with Gasteiger partial charge in [-0.25, -0.2) is 14.4 Å². The van der Waals surface area contributed by atoms with Gasteiger partial charge in [0.05, 0.1) is 31.3 Å². The number of aryl methyl sites for hydroxylation is 3. The highest BCUT2D eigenvalue weighted by Crippen LogP contribution is 2.43. The van der Waals surface area contributed by atoms with E-state index in [9.17, 15) is 68.7 Å². The second-order valence-corrected chi connectivity index (χ2v) is 26.9. The van der Waals surface area contributed by atoms with Gasteiger partial charge in [-0.15, -0.1) is 0 Å². The Bertz CT molecular complexity index is 2910. The van der Waals surface area contributed by atoms with E-state index in [-0.39, 0.29) is 72.6 Å². The number of phenols is 1. The number of amides is 3. The number of ether oxygens (including phenoxy) is 2. The van der Waals surface area contributed by atoms with Crippen LogP contribution in [-0.4, -0.2) is 179 Å². The van der Waals surface area contributed by atoms with Crippen LogP contribution in [0.2, 0.25) is 10.0 Å². The van der Waals surface area contributed by atoms with E-state index in [4.69, 9.17) is 32.7 Å². The summed E-state index contributed by atoms with van der Waals surface area (Å²) in [7, 11) is 0. The number of nitrogens with zero attached hydrogens (tertiary/aromatic N) is 3. The molecule has 3 aromatic carbocycles. The zero-order chi connectivity index (χ0) is 68.3. The number of carboxylic acid groups (broad SMARTS) is 4. The molecule has 3 saturated carbocycles. The minimum atomic E-state index is -1.03. The number of likely N-dealkylation sites (tertiary alicyclic amines) is 3. The minimum Gasteiger partial charge on any atom is -0.508 e. The highest BCUT2D eigenvalue weighted by atomic mass is 35.5. The average Bonchev–Trinajstić information content (AvgIpc) is 1.66. The van der Waals surface area contributed by atoms with Gasteiger partial charge < -0.3 is 49.7 Å². The average molecular weight is 1350 g/mol. The van der Waals surface area contributed by atoms with Crippen molar-refractivity contribution in [3.8, 4) is 5.75 Å². The Morgan fingerprint density at radius 1 is 0.447 bits per heavy atom. The van der Waals surface area contributed by atoms with E-state index in [0.717, 1.165) is 93.7 Å². The van der Waals surface area contributed by atoms with Gasteiger partial charge in [0.15, 0.2) is 0 Å². The van der Waals surface area contributed by atoms with Crippen LogP contribution in [0.15, 0.2) is 72.8 Å². The second-order valence-electron chi connectivity index (χ2n) is 26.0. The fourth-order valence-corrected chi connectivity index (χ4v) is 15.2. The number of rotatable bonds is 26. The normalized spacial score (nSPS) is 24.8. The Morgan fingerprint density at radius 2 is 0.723 bits per heavy atom. The summed E-state index contributed by atoms with van der Waals surface area (Å²) >= 11 is 11.8. The topological polar surface area (TPSA) is 319 Å². The molecule has 0 bridgehead atoms. The lowest BCUT2D eigenvalue weighted by Gasteiger charge is -2.35. The molecule has 6 fully saturated rings. The quantitative estimate of drug-likeness (QED) is 0.0348. The standard InChI is InChI=1S/C24H33ClN2O5.C24H34N2O6.C22H29ClN2O5/c1-3-32-24(31)19(13-10-16-8-11-18(25)12-9-16)26-15(2)22(28)27-20-7-5-4-6-17(20)14-21(27)23(29)30;1-3-32-24(31)19(13-10-16-8-11-18(27)12-9-16)25-15(2)22(28)26-20-7-5-4-6-17(20)14-21(26)23(29)30;1-13(24-17(21(27)28)11-8-14-6-9-16(23)10-7-14)20(26)25-18-5-3-2-4-15(18)12-19(25)22(29)30/h8-9,11-12,15,17,19-21,26H,3-7,10,13-14H2,1-2H3,(H,29,30);8-9,11-12,15,17,19-21,25,27H,3-7,10,13-14H2,1-2H3,(H,29,30);6-7,9-10,13,15,17-19,24H,2-5,8,11-12H2,1H3,(H,27,28)(H,29,30)/t2*15-,17+,19-,20-,21-;13-,15+,17-,18-,19-/m000/s1. The number of phenolic OH excluding ortho intramolecular Hbond substituents is 1. The zero-order valence-corrected chi connectivity index (χ0v) is 56.2. The van der Waals surface area contributed by atoms with E-state index in [2.05, 4.69) is 16.0 Å². The second kappa shape index (κ2) is 35.8. The third kappa shape index (κ3) is 20.1. The van der Waals surface area contributed by atoms with Crippen molar-refractivity contribution in [1.82, 2.24) is 30.7 Å². The number of carbonyl (C=O) groups is 9. The van der Waals surface area contributed by atoms with Gasteiger partial charge in [-0.2, -0.15) is 0 Å². The van der Waals surface area contributed by atoms with Crippen LogP contribution >= 0.6 is 23.2 Å². The first-order valence-corrected chi connectivity index (χ1v) is 34.4. The molecule has 3 saturated heterocycles. The largest absolute Gasteiger partial charge is 0.508 e. The van der Waals surface area contributed by atoms with Gasteiger partial charge in [0, 0.05) is 28.2 Å². The fourth-order valence-electron chi connectivity index (χ4n) is 15.0. The smallest absolute Gasteiger partial charge is 0.326 e. The van der Waals surface area contributed by atoms with Crippen molar-refractivity contribution < 1.29 is 78.2 Å². The van der Waals surface area contributed by atoms with Crippen LogP contribution in [0, 0.1) is 17.8 Å². The van der Waals surface area contributed by atoms with E-state index in [1.165, 1.54) is 4.90 Å². The molecule has 24 heteroatoms. The Kier molecular flexibility index (Phi) is 28.4. The summed E-state index contributed by atoms with van der Waals surface area (Å²) < 4.78 is 10.4. The van der Waals surface area contributed by atoms with E-state index in [0.29, 0.717) is 67.8 Å². The van der Waals surface area contributed by atoms with Crippen molar-refractivity contribution in [3.05, 3.63) is 99.5 Å². The first-order valence-electron chi connectivity index (χ1n) is 33.7. The van der Waals surface area contributed by atoms with Crippen molar-refractivity contribution >= 4 is 76.7 Å². The summed E-state index contributed by atoms with van der Waals surface area (Å²) in [5.41, 5.74) is 2.94. The SMILES string of the molecule is CCOC(=O)[C@H](CCc1ccc(Cl)cc1)N[C@@H](C)C(=O)N1[C@H](C(=O)O)C[C@H]2CCCC[C@@H]21.CCOC(=O)[C@H](CCc1ccc(O)cc1)N[C@@H](C)C(=O)N1[C@H](C(=O)O)C[C@H]2CCCC[C@@H]21.C[C@H](N[C@@H](CCc1ccc(Cl)cc1)C(=O)O)C(=O)N1[C@H](C(=O)O)C[C@H]2CCCC[C@@H]21. The Balaban J connectivity index is 0.000000200. The van der Waals surface area contributed by atoms with Crippen molar-refractivity contribution in [2.45, 2.75) is 242 Å². The van der Waals surface area contributed by atoms with E-state index >= 15 is 0 Å². The number of carboxylic acids is 4. The number of hydrogen-bond donors (Lipinski definition) is 8. The first-order chi connectivity index (χ1) is 44.9. The van der Waals surface area contributed by atoms with Crippen molar-refractivity contribution in [2.75, 3.05) is 13.2 Å². The van der Waals surface area contributed by atoms with E-state index in [1.807, 2.05) is 24.3 Å². The molecule has 3 aliphatic heterocycles. The number of halogens is 2. The fraction of sp³-hybridized carbons (Fsp3) is 0.614. The summed E-state index contributed by atoms with van der Waals surface area (Å²) in [5, 5.41) is 58.6. The van der Waals surface area contributed by atoms with E-state index in [1.54, 1.807) is 92.9 Å². The molecule has 3 aromatic rings. The number of benzene rings is 3. The maximum absolute atomic E-state index is 13.4. The zero-order valence-electron chi connectivity index (χ0n) is 54.7. The van der Waals surface area contributed by atoms with Crippen LogP contribution in [-0.2, 0) is 71.9 Å². The Labute approximate surface area is 561 Å². The Hall–Kier alpha value is -6.85. The molecule has 0 spiro atoms. The summed E-state index contributed by atoms with van der Waals surface area (Å²) in [6.07, 6.45) is 15.9. The molecular weight excluding hydrogens is 1250 g/mol. The predicted molar refractivity (Wildman–Crippen MR) is 352 cm³/mol. The molecule has 3 heterocycles. The maximum Gasteiger partial charge on any atom is 0.326 e. The van der Waals surface area contributed by atoms with Gasteiger partial charge in [0.25, 0.3) is 0 Å². The predicted octanol–water partition coefficient (Wildman–Crippen LogP) is 8.85. The van der Waals surface area contributed by atoms with Crippen LogP contribution in [0.25, 0.3) is 0 Å². The molecule has 15 atom stereocenters. The number of esters is 2. The highest BCUT2D eigenvalue weighted by Gasteiger charge is 2.51. The maximum atomic E-state index is 13.4. The van der Waals surface area contributed by atoms with Crippen molar-refractivity contribution in [1.29, 1.82) is 0 Å². The van der Waals surface area contributed by atoms with Gasteiger partial charge >= 0.3 is 35.8 Å². The van der Waals surface area contributed by atoms with Gasteiger partial charge in [-0.3, -0.25) is 44.7 Å². The van der Waals surface area contributed by atoms with Gasteiger partial charge in [-0.05, 0) is 202 Å². The van der Waals surface area contributed by atoms with Crippen LogP contribution in [0.1, 0.15) is 167 Å². The number of carbonyl (C=O) groups excluding carboxylic acids is 5. The first kappa shape index (κ1) is 74.5. The number of aliphatic carboxylic acids is 4. The van der Waals surface area contributed by atoms with Crippen LogP contribution in [0.4, 0.5) is 0 Å². The summed E-state index contributed by atoms with van der Waals surface area (Å²) in [6.45, 7) is 8.96. The van der Waals surface area contributed by atoms with Crippen LogP contribution < -0.4 is 16.0 Å². The van der Waals surface area contributed by atoms with Crippen molar-refractivity contribution in [3.63, 3.8) is 0 Å². The molecule has 0 aromatic heterocycles. The number of hydrogen-bond acceptors (Lipinski definition) is 15. The third-order valence-electron chi connectivity index (χ3n) is 19.7. The van der Waals surface area contributed by atoms with Gasteiger partial charge in [0.1, 0.15) is 42.0 Å². The highest BCUT2D eigenvalue weighted by molar-refractivity contribution is 6.30. The summed E-state index contributed by atoms with van der Waals surface area (Å²) in [5.74, 6) is -4.76. The number of nitrogens with one attached hydrogen (secondary N) is 3. The molecule has 0 unspecified atom stereocenters. The van der Waals surface area contributed by atoms with Gasteiger partial charge in [-0.1, -0.05) is 98.1 Å².